The van der Waals surface area contributed by atoms with Gasteiger partial charge < -0.3 is 9.47 Å². The molecule has 0 radical (unpaired) electrons. The first-order valence-electron chi connectivity index (χ1n) is 8.90. The number of alkyl halides is 3. The lowest BCUT2D eigenvalue weighted by molar-refractivity contribution is -0.222. The highest BCUT2D eigenvalue weighted by Crippen LogP contribution is 2.27. The molecular weight excluding hydrogens is 357 g/mol. The molecule has 0 saturated heterocycles. The van der Waals surface area contributed by atoms with Crippen LogP contribution in [0.15, 0.2) is 54.6 Å². The fourth-order valence-electron chi connectivity index (χ4n) is 2.52. The molecule has 0 bridgehead atoms. The number of benzene rings is 2. The third-order valence-corrected chi connectivity index (χ3v) is 4.03. The van der Waals surface area contributed by atoms with Crippen LogP contribution in [0.25, 0.3) is 0 Å². The largest absolute Gasteiger partial charge is 0.489 e. The Labute approximate surface area is 157 Å². The van der Waals surface area contributed by atoms with Crippen LogP contribution in [-0.2, 0) is 22.6 Å². The summed E-state index contributed by atoms with van der Waals surface area (Å²) in [4.78, 5) is 11.2. The normalized spacial score (nSPS) is 12.4. The van der Waals surface area contributed by atoms with E-state index in [1.165, 1.54) is 6.92 Å². The van der Waals surface area contributed by atoms with E-state index >= 15 is 0 Å². The number of esters is 1. The zero-order chi connectivity index (χ0) is 19.7. The van der Waals surface area contributed by atoms with Gasteiger partial charge in [0.15, 0.2) is 6.10 Å². The molecule has 0 heterocycles. The second kappa shape index (κ2) is 10.00. The van der Waals surface area contributed by atoms with E-state index in [-0.39, 0.29) is 19.3 Å². The van der Waals surface area contributed by atoms with Gasteiger partial charge >= 0.3 is 12.1 Å². The lowest BCUT2D eigenvalue weighted by Gasteiger charge is -2.20. The summed E-state index contributed by atoms with van der Waals surface area (Å²) < 4.78 is 49.0. The van der Waals surface area contributed by atoms with Crippen molar-refractivity contribution in [2.45, 2.75) is 51.5 Å². The average molecular weight is 380 g/mol. The van der Waals surface area contributed by atoms with Gasteiger partial charge in [0.1, 0.15) is 12.4 Å². The van der Waals surface area contributed by atoms with Crippen LogP contribution in [0, 0.1) is 0 Å². The van der Waals surface area contributed by atoms with Crippen molar-refractivity contribution < 1.29 is 27.4 Å². The van der Waals surface area contributed by atoms with Crippen LogP contribution in [0.3, 0.4) is 0 Å². The molecule has 2 rings (SSSR count). The minimum atomic E-state index is -4.54. The second-order valence-corrected chi connectivity index (χ2v) is 6.18. The van der Waals surface area contributed by atoms with Crippen molar-refractivity contribution in [2.24, 2.45) is 0 Å². The molecule has 0 amide bonds. The van der Waals surface area contributed by atoms with Crippen LogP contribution in [0.4, 0.5) is 13.2 Å². The molecule has 0 aliphatic heterocycles. The van der Waals surface area contributed by atoms with Gasteiger partial charge in [-0.15, -0.1) is 0 Å². The Morgan fingerprint density at radius 2 is 1.67 bits per heavy atom. The highest BCUT2D eigenvalue weighted by Gasteiger charge is 2.42. The number of carbonyl (C=O) groups is 1. The lowest BCUT2D eigenvalue weighted by Crippen LogP contribution is -2.33. The molecule has 2 aromatic carbocycles. The maximum Gasteiger partial charge on any atom is 0.425 e. The Hall–Kier alpha value is -2.50. The molecule has 0 N–H and O–H groups in total. The van der Waals surface area contributed by atoms with Crippen LogP contribution in [0.1, 0.15) is 37.3 Å². The van der Waals surface area contributed by atoms with E-state index < -0.39 is 18.2 Å². The average Bonchev–Trinajstić information content (AvgIpc) is 2.66. The first-order chi connectivity index (χ1) is 12.9. The van der Waals surface area contributed by atoms with Crippen molar-refractivity contribution in [3.05, 3.63) is 65.7 Å². The summed E-state index contributed by atoms with van der Waals surface area (Å²) in [6.07, 6.45) is -6.17. The molecule has 146 valence electrons. The maximum absolute atomic E-state index is 12.9. The fraction of sp³-hybridized carbons (Fsp3) is 0.381. The molecule has 6 heteroatoms. The van der Waals surface area contributed by atoms with Crippen LogP contribution in [0.5, 0.6) is 5.75 Å². The van der Waals surface area contributed by atoms with Gasteiger partial charge in [-0.1, -0.05) is 49.4 Å². The van der Waals surface area contributed by atoms with Gasteiger partial charge in [0.25, 0.3) is 0 Å². The van der Waals surface area contributed by atoms with Gasteiger partial charge in [0, 0.05) is 6.42 Å². The smallest absolute Gasteiger partial charge is 0.425 e. The monoisotopic (exact) mass is 380 g/mol. The third-order valence-electron chi connectivity index (χ3n) is 4.03. The Kier molecular flexibility index (Phi) is 7.70. The van der Waals surface area contributed by atoms with E-state index in [9.17, 15) is 18.0 Å². The molecule has 0 aliphatic carbocycles. The minimum absolute atomic E-state index is 0.0724. The van der Waals surface area contributed by atoms with Gasteiger partial charge in [-0.05, 0) is 42.5 Å². The molecule has 1 unspecified atom stereocenters. The number of aryl methyl sites for hydroxylation is 1. The molecule has 3 nitrogen and oxygen atoms in total. The van der Waals surface area contributed by atoms with Crippen molar-refractivity contribution >= 4 is 5.97 Å². The number of hydrogen-bond donors (Lipinski definition) is 0. The zero-order valence-corrected chi connectivity index (χ0v) is 15.2. The second-order valence-electron chi connectivity index (χ2n) is 6.18. The summed E-state index contributed by atoms with van der Waals surface area (Å²) in [7, 11) is 0. The van der Waals surface area contributed by atoms with Gasteiger partial charge in [0.05, 0.1) is 0 Å². The van der Waals surface area contributed by atoms with Crippen LogP contribution in [-0.4, -0.2) is 18.2 Å². The summed E-state index contributed by atoms with van der Waals surface area (Å²) in [5, 5.41) is 0. The standard InChI is InChI=1S/C21H23F3O3/c1-2-20(25)27-19(21(22,23)24)10-6-9-16-11-13-18(14-12-16)26-15-17-7-4-3-5-8-17/h3-5,7-8,11-14,19H,2,6,9-10,15H2,1H3. The Balaban J connectivity index is 1.80. The molecule has 0 fully saturated rings. The lowest BCUT2D eigenvalue weighted by atomic mass is 10.1. The summed E-state index contributed by atoms with van der Waals surface area (Å²) in [6.45, 7) is 1.92. The summed E-state index contributed by atoms with van der Waals surface area (Å²) >= 11 is 0. The van der Waals surface area contributed by atoms with Crippen molar-refractivity contribution in [1.29, 1.82) is 0 Å². The molecule has 27 heavy (non-hydrogen) atoms. The van der Waals surface area contributed by atoms with Gasteiger partial charge in [-0.3, -0.25) is 4.79 Å². The Bertz CT molecular complexity index is 697. The van der Waals surface area contributed by atoms with Crippen LogP contribution >= 0.6 is 0 Å². The van der Waals surface area contributed by atoms with Crippen molar-refractivity contribution in [1.82, 2.24) is 0 Å². The number of ether oxygens (including phenoxy) is 2. The van der Waals surface area contributed by atoms with Crippen molar-refractivity contribution in [3.63, 3.8) is 0 Å². The Morgan fingerprint density at radius 3 is 2.26 bits per heavy atom. The van der Waals surface area contributed by atoms with Crippen LogP contribution < -0.4 is 4.74 Å². The van der Waals surface area contributed by atoms with Gasteiger partial charge in [0.2, 0.25) is 0 Å². The summed E-state index contributed by atoms with van der Waals surface area (Å²) in [5.74, 6) is -0.134. The molecule has 1 atom stereocenters. The molecule has 0 aromatic heterocycles. The highest BCUT2D eigenvalue weighted by molar-refractivity contribution is 5.69. The number of carbonyl (C=O) groups excluding carboxylic acids is 1. The van der Waals surface area contributed by atoms with E-state index in [4.69, 9.17) is 4.74 Å². The van der Waals surface area contributed by atoms with E-state index in [0.717, 1.165) is 11.1 Å². The SMILES string of the molecule is CCC(=O)OC(CCCc1ccc(OCc2ccccc2)cc1)C(F)(F)F. The number of halogens is 3. The maximum atomic E-state index is 12.9. The fourth-order valence-corrected chi connectivity index (χ4v) is 2.52. The van der Waals surface area contributed by atoms with E-state index in [1.807, 2.05) is 42.5 Å². The van der Waals surface area contributed by atoms with Gasteiger partial charge in [-0.25, -0.2) is 0 Å². The van der Waals surface area contributed by atoms with Crippen molar-refractivity contribution in [3.8, 4) is 5.75 Å². The predicted octanol–water partition coefficient (Wildman–Crippen LogP) is 5.47. The topological polar surface area (TPSA) is 35.5 Å². The molecular formula is C21H23F3O3. The van der Waals surface area contributed by atoms with Crippen LogP contribution in [0.2, 0.25) is 0 Å². The molecule has 2 aromatic rings. The summed E-state index contributed by atoms with van der Waals surface area (Å²) in [5.41, 5.74) is 1.96. The third kappa shape index (κ3) is 7.33. The number of rotatable bonds is 9. The van der Waals surface area contributed by atoms with Gasteiger partial charge in [-0.2, -0.15) is 13.2 Å². The molecule has 0 saturated carbocycles. The summed E-state index contributed by atoms with van der Waals surface area (Å²) in [6, 6.07) is 17.0. The Morgan fingerprint density at radius 1 is 1.00 bits per heavy atom. The predicted molar refractivity (Wildman–Crippen MR) is 96.4 cm³/mol. The minimum Gasteiger partial charge on any atom is -0.489 e. The first kappa shape index (κ1) is 20.8. The van der Waals surface area contributed by atoms with E-state index in [2.05, 4.69) is 4.74 Å². The van der Waals surface area contributed by atoms with Crippen molar-refractivity contribution in [2.75, 3.05) is 0 Å². The molecule has 0 aliphatic rings. The van der Waals surface area contributed by atoms with E-state index in [1.54, 1.807) is 12.1 Å². The quantitative estimate of drug-likeness (QED) is 0.541. The first-order valence-corrected chi connectivity index (χ1v) is 8.90. The molecule has 0 spiro atoms. The highest BCUT2D eigenvalue weighted by atomic mass is 19.4. The zero-order valence-electron chi connectivity index (χ0n) is 15.2. The van der Waals surface area contributed by atoms with E-state index in [0.29, 0.717) is 18.8 Å². The number of hydrogen-bond acceptors (Lipinski definition) is 3.